The van der Waals surface area contributed by atoms with Gasteiger partial charge in [-0.15, -0.1) is 0 Å². The topological polar surface area (TPSA) is 172 Å². The van der Waals surface area contributed by atoms with Crippen molar-refractivity contribution >= 4 is 35.8 Å². The highest BCUT2D eigenvalue weighted by atomic mass is 16.6. The molecule has 0 aromatic heterocycles. The summed E-state index contributed by atoms with van der Waals surface area (Å²) >= 11 is 0. The largest absolute Gasteiger partial charge is 0.481 e. The molecule has 9 saturated carbocycles. The number of carbonyl (C=O) groups excluding carboxylic acids is 5. The lowest BCUT2D eigenvalue weighted by Crippen LogP contribution is -2.77. The van der Waals surface area contributed by atoms with E-state index in [1.54, 1.807) is 6.92 Å². The van der Waals surface area contributed by atoms with Gasteiger partial charge in [-0.05, 0) is 90.9 Å². The number of hydrogen-bond donors (Lipinski definition) is 2. The number of carboxylic acids is 1. The Morgan fingerprint density at radius 3 is 1.38 bits per heavy atom. The minimum atomic E-state index is -0.770. The van der Waals surface area contributed by atoms with Crippen molar-refractivity contribution in [3.05, 3.63) is 0 Å². The fourth-order valence-electron chi connectivity index (χ4n) is 8.47. The van der Waals surface area contributed by atoms with Crippen LogP contribution in [-0.2, 0) is 42.9 Å². The highest BCUT2D eigenvalue weighted by molar-refractivity contribution is 5.90. The van der Waals surface area contributed by atoms with Gasteiger partial charge in [0.15, 0.2) is 0 Å². The van der Waals surface area contributed by atoms with Crippen molar-refractivity contribution in [1.82, 2.24) is 5.32 Å². The summed E-state index contributed by atoms with van der Waals surface area (Å²) < 4.78 is 19.2. The fraction of sp³-hybridized carbons (Fsp3) is 0.800. The summed E-state index contributed by atoms with van der Waals surface area (Å²) in [5.74, 6) is -1.03. The maximum Gasteiger partial charge on any atom is 0.408 e. The molecule has 9 rings (SSSR count). The molecule has 0 aromatic rings. The molecule has 9 aliphatic rings. The zero-order valence-corrected chi connectivity index (χ0v) is 25.6. The van der Waals surface area contributed by atoms with Crippen molar-refractivity contribution in [3.8, 4) is 0 Å². The van der Waals surface area contributed by atoms with Crippen LogP contribution in [0.2, 0.25) is 0 Å². The second-order valence-electron chi connectivity index (χ2n) is 14.8. The van der Waals surface area contributed by atoms with Crippen molar-refractivity contribution < 1.29 is 52.8 Å². The summed E-state index contributed by atoms with van der Waals surface area (Å²) in [4.78, 5) is 67.0. The number of esters is 3. The SMILES string of the molecule is COC(=O)C12CC(C(=O)O)(C1)C2.COC(=O)C12CC(CC(C)=O)(C1)C2.COC(=O)C12CC(NC(=O)OC(C)(C)C)(C1)C2. The first-order valence-electron chi connectivity index (χ1n) is 14.3. The molecular formula is C30H43NO11. The molecule has 0 saturated heterocycles. The Balaban J connectivity index is 0.000000147. The molecule has 1 amide bonds. The lowest BCUT2D eigenvalue weighted by molar-refractivity contribution is -0.232. The van der Waals surface area contributed by atoms with E-state index < -0.39 is 28.5 Å². The van der Waals surface area contributed by atoms with Crippen LogP contribution in [0.15, 0.2) is 0 Å². The predicted molar refractivity (Wildman–Crippen MR) is 145 cm³/mol. The summed E-state index contributed by atoms with van der Waals surface area (Å²) in [5, 5.41) is 11.6. The third kappa shape index (κ3) is 5.15. The van der Waals surface area contributed by atoms with Crippen LogP contribution in [0.25, 0.3) is 0 Å². The minimum absolute atomic E-state index is 0.0853. The second-order valence-corrected chi connectivity index (χ2v) is 14.8. The summed E-state index contributed by atoms with van der Waals surface area (Å²) in [6, 6.07) is 0. The highest BCUT2D eigenvalue weighted by Gasteiger charge is 2.76. The number of ketones is 1. The van der Waals surface area contributed by atoms with Gasteiger partial charge in [0.05, 0.1) is 43.0 Å². The van der Waals surface area contributed by atoms with Crippen molar-refractivity contribution in [2.75, 3.05) is 21.3 Å². The van der Waals surface area contributed by atoms with Crippen molar-refractivity contribution in [2.45, 2.75) is 103 Å². The van der Waals surface area contributed by atoms with Gasteiger partial charge in [0.25, 0.3) is 0 Å². The normalized spacial score (nSPS) is 38.4. The Morgan fingerprint density at radius 1 is 0.667 bits per heavy atom. The average Bonchev–Trinajstić information content (AvgIpc) is 2.72. The first-order chi connectivity index (χ1) is 19.3. The number of amides is 1. The van der Waals surface area contributed by atoms with Crippen molar-refractivity contribution in [1.29, 1.82) is 0 Å². The molecule has 234 valence electrons. The van der Waals surface area contributed by atoms with Crippen molar-refractivity contribution in [3.63, 3.8) is 0 Å². The maximum absolute atomic E-state index is 11.6. The van der Waals surface area contributed by atoms with Gasteiger partial charge in [0, 0.05) is 12.0 Å². The average molecular weight is 594 g/mol. The van der Waals surface area contributed by atoms with Gasteiger partial charge in [0.2, 0.25) is 0 Å². The van der Waals surface area contributed by atoms with Gasteiger partial charge in [0.1, 0.15) is 11.4 Å². The van der Waals surface area contributed by atoms with E-state index in [9.17, 15) is 28.8 Å². The molecule has 6 bridgehead atoms. The molecule has 2 N–H and O–H groups in total. The van der Waals surface area contributed by atoms with E-state index in [0.717, 1.165) is 19.3 Å². The van der Waals surface area contributed by atoms with Crippen LogP contribution in [0.4, 0.5) is 4.79 Å². The zero-order valence-electron chi connectivity index (χ0n) is 25.6. The monoisotopic (exact) mass is 593 g/mol. The van der Waals surface area contributed by atoms with Crippen LogP contribution in [0.5, 0.6) is 0 Å². The minimum Gasteiger partial charge on any atom is -0.481 e. The smallest absolute Gasteiger partial charge is 0.408 e. The van der Waals surface area contributed by atoms with Gasteiger partial charge < -0.3 is 34.2 Å². The quantitative estimate of drug-likeness (QED) is 0.328. The lowest BCUT2D eigenvalue weighted by atomic mass is 9.34. The Morgan fingerprint density at radius 2 is 1.05 bits per heavy atom. The molecular weight excluding hydrogens is 550 g/mol. The first kappa shape index (κ1) is 31.7. The summed E-state index contributed by atoms with van der Waals surface area (Å²) in [7, 11) is 4.17. The van der Waals surface area contributed by atoms with E-state index in [1.165, 1.54) is 21.3 Å². The summed E-state index contributed by atoms with van der Waals surface area (Å²) in [5.41, 5.74) is -2.06. The number of aliphatic carboxylic acids is 1. The number of alkyl carbamates (subject to hydrolysis) is 1. The molecule has 0 spiro atoms. The Labute approximate surface area is 245 Å². The van der Waals surface area contributed by atoms with Gasteiger partial charge >= 0.3 is 30.0 Å². The molecule has 0 radical (unpaired) electrons. The van der Waals surface area contributed by atoms with E-state index in [0.29, 0.717) is 44.9 Å². The number of hydrogen-bond acceptors (Lipinski definition) is 10. The van der Waals surface area contributed by atoms with Gasteiger partial charge in [-0.1, -0.05) is 0 Å². The first-order valence-corrected chi connectivity index (χ1v) is 14.3. The van der Waals surface area contributed by atoms with E-state index in [4.69, 9.17) is 19.3 Å². The van der Waals surface area contributed by atoms with Crippen LogP contribution < -0.4 is 5.32 Å². The maximum atomic E-state index is 11.6. The molecule has 9 aliphatic carbocycles. The molecule has 42 heavy (non-hydrogen) atoms. The molecule has 12 nitrogen and oxygen atoms in total. The second kappa shape index (κ2) is 9.94. The highest BCUT2D eigenvalue weighted by Crippen LogP contribution is 2.75. The van der Waals surface area contributed by atoms with Crippen LogP contribution >= 0.6 is 0 Å². The third-order valence-corrected chi connectivity index (χ3v) is 9.90. The lowest BCUT2D eigenvalue weighted by Gasteiger charge is -2.68. The van der Waals surface area contributed by atoms with Gasteiger partial charge in [-0.2, -0.15) is 0 Å². The molecule has 0 unspecified atom stereocenters. The van der Waals surface area contributed by atoms with Crippen LogP contribution in [0.3, 0.4) is 0 Å². The predicted octanol–water partition coefficient (Wildman–Crippen LogP) is 3.33. The van der Waals surface area contributed by atoms with Crippen molar-refractivity contribution in [2.24, 2.45) is 27.1 Å². The Bertz CT molecular complexity index is 1150. The number of carboxylic acid groups (broad SMARTS) is 1. The number of rotatable bonds is 7. The fourth-order valence-corrected chi connectivity index (χ4v) is 8.47. The summed E-state index contributed by atoms with van der Waals surface area (Å²) in [6.07, 6.45) is 6.28. The number of ether oxygens (including phenoxy) is 4. The van der Waals surface area contributed by atoms with Crippen LogP contribution in [0, 0.1) is 27.1 Å². The number of nitrogens with one attached hydrogen (secondary N) is 1. The third-order valence-electron chi connectivity index (χ3n) is 9.90. The molecule has 0 heterocycles. The van der Waals surface area contributed by atoms with Crippen LogP contribution in [-0.4, -0.2) is 73.3 Å². The van der Waals surface area contributed by atoms with E-state index in [1.807, 2.05) is 20.8 Å². The molecule has 0 atom stereocenters. The molecule has 12 heteroatoms. The number of methoxy groups -OCH3 is 3. The molecule has 9 fully saturated rings. The number of Topliss-reactive ketones (excluding diaryl/α,β-unsaturated/α-hetero) is 1. The van der Waals surface area contributed by atoms with Gasteiger partial charge in [-0.25, -0.2) is 4.79 Å². The van der Waals surface area contributed by atoms with E-state index in [2.05, 4.69) is 10.1 Å². The Hall–Kier alpha value is -3.18. The van der Waals surface area contributed by atoms with Gasteiger partial charge in [-0.3, -0.25) is 19.2 Å². The zero-order chi connectivity index (χ0) is 31.6. The number of carbonyl (C=O) groups is 6. The summed E-state index contributed by atoms with van der Waals surface area (Å²) in [6.45, 7) is 7.09. The van der Waals surface area contributed by atoms with E-state index >= 15 is 0 Å². The van der Waals surface area contributed by atoms with E-state index in [-0.39, 0.29) is 45.5 Å². The Kier molecular flexibility index (Phi) is 7.51. The standard InChI is InChI=1S/C12H19NO4.C10H14O3.C8H10O4/c1-10(2,3)17-9(15)13-12-5-11(6-12,7-12)8(14)16-4;1-7(11)3-9-4-10(5-9,6-9)8(12)13-2;1-12-6(11)8-2-7(3-8,4-8)5(9)10/h5-7H2,1-4H3,(H,13,15);3-6H2,1-2H3;2-4H2,1H3,(H,9,10). The van der Waals surface area contributed by atoms with Crippen LogP contribution in [0.1, 0.15) is 91.9 Å². The molecule has 0 aliphatic heterocycles. The molecule has 0 aromatic carbocycles.